The molecule has 1 unspecified atom stereocenters. The van der Waals surface area contributed by atoms with E-state index in [0.717, 1.165) is 30.4 Å². The highest BCUT2D eigenvalue weighted by Gasteiger charge is 2.26. The molecule has 0 radical (unpaired) electrons. The summed E-state index contributed by atoms with van der Waals surface area (Å²) in [6.07, 6.45) is 7.66. The fourth-order valence-corrected chi connectivity index (χ4v) is 3.58. The van der Waals surface area contributed by atoms with Crippen molar-refractivity contribution in [2.45, 2.75) is 58.4 Å². The number of hydrogen-bond donors (Lipinski definition) is 1. The van der Waals surface area contributed by atoms with Crippen LogP contribution in [0.1, 0.15) is 51.5 Å². The van der Waals surface area contributed by atoms with Crippen LogP contribution < -0.4 is 5.32 Å². The molecule has 0 saturated heterocycles. The van der Waals surface area contributed by atoms with Crippen LogP contribution in [-0.2, 0) is 6.42 Å². The maximum absolute atomic E-state index is 13.3. The fourth-order valence-electron chi connectivity index (χ4n) is 3.58. The maximum Gasteiger partial charge on any atom is 0.123 e. The largest absolute Gasteiger partial charge is 0.314 e. The maximum atomic E-state index is 13.3. The highest BCUT2D eigenvalue weighted by molar-refractivity contribution is 5.17. The van der Waals surface area contributed by atoms with Crippen LogP contribution in [0.2, 0.25) is 0 Å². The predicted octanol–water partition coefficient (Wildman–Crippen LogP) is 4.56. The van der Waals surface area contributed by atoms with Crippen LogP contribution in [0.4, 0.5) is 4.39 Å². The van der Waals surface area contributed by atoms with E-state index in [9.17, 15) is 4.39 Å². The summed E-state index contributed by atoms with van der Waals surface area (Å²) in [7, 11) is 0. The molecule has 1 saturated carbocycles. The van der Waals surface area contributed by atoms with Crippen molar-refractivity contribution in [3.63, 3.8) is 0 Å². The summed E-state index contributed by atoms with van der Waals surface area (Å²) in [5, 5.41) is 3.63. The third-order valence-electron chi connectivity index (χ3n) is 4.85. The van der Waals surface area contributed by atoms with Gasteiger partial charge in [-0.05, 0) is 55.3 Å². The number of nitrogens with one attached hydrogen (secondary N) is 1. The van der Waals surface area contributed by atoms with Gasteiger partial charge in [-0.3, -0.25) is 0 Å². The van der Waals surface area contributed by atoms with Crippen molar-refractivity contribution >= 4 is 0 Å². The number of likely N-dealkylation sites (N-methyl/N-ethyl adjacent to an activating group) is 1. The zero-order chi connectivity index (χ0) is 14.4. The molecule has 20 heavy (non-hydrogen) atoms. The lowest BCUT2D eigenvalue weighted by Crippen LogP contribution is -2.39. The van der Waals surface area contributed by atoms with Gasteiger partial charge in [-0.25, -0.2) is 4.39 Å². The van der Waals surface area contributed by atoms with E-state index >= 15 is 0 Å². The second-order valence-electron chi connectivity index (χ2n) is 6.19. The van der Waals surface area contributed by atoms with Gasteiger partial charge in [0.05, 0.1) is 0 Å². The lowest BCUT2D eigenvalue weighted by Gasteiger charge is -2.34. The molecule has 0 amide bonds. The fraction of sp³-hybridized carbons (Fsp3) is 0.667. The summed E-state index contributed by atoms with van der Waals surface area (Å²) >= 11 is 0. The van der Waals surface area contributed by atoms with E-state index < -0.39 is 0 Å². The van der Waals surface area contributed by atoms with Gasteiger partial charge in [0.1, 0.15) is 5.82 Å². The van der Waals surface area contributed by atoms with Crippen molar-refractivity contribution in [1.29, 1.82) is 0 Å². The van der Waals surface area contributed by atoms with Crippen molar-refractivity contribution in [2.75, 3.05) is 6.54 Å². The first-order valence-electron chi connectivity index (χ1n) is 8.20. The van der Waals surface area contributed by atoms with Gasteiger partial charge in [-0.2, -0.15) is 0 Å². The molecule has 0 bridgehead atoms. The smallest absolute Gasteiger partial charge is 0.123 e. The highest BCUT2D eigenvalue weighted by Crippen LogP contribution is 2.33. The summed E-state index contributed by atoms with van der Waals surface area (Å²) in [5.41, 5.74) is 1.12. The summed E-state index contributed by atoms with van der Waals surface area (Å²) in [6.45, 7) is 5.46. The molecule has 0 spiro atoms. The first kappa shape index (κ1) is 15.5. The molecular formula is C18H28FN. The summed E-state index contributed by atoms with van der Waals surface area (Å²) in [6, 6.07) is 7.58. The minimum atomic E-state index is -0.118. The number of rotatable bonds is 6. The van der Waals surface area contributed by atoms with Gasteiger partial charge in [0.25, 0.3) is 0 Å². The lowest BCUT2D eigenvalue weighted by molar-refractivity contribution is 0.218. The van der Waals surface area contributed by atoms with Gasteiger partial charge in [0, 0.05) is 6.04 Å². The molecule has 1 nitrogen and oxygen atoms in total. The molecule has 0 aliphatic heterocycles. The van der Waals surface area contributed by atoms with Crippen molar-refractivity contribution in [3.05, 3.63) is 35.6 Å². The van der Waals surface area contributed by atoms with E-state index in [-0.39, 0.29) is 5.82 Å². The molecule has 1 aromatic rings. The first-order valence-corrected chi connectivity index (χ1v) is 8.20. The minimum Gasteiger partial charge on any atom is -0.314 e. The Morgan fingerprint density at radius 1 is 1.20 bits per heavy atom. The highest BCUT2D eigenvalue weighted by atomic mass is 19.1. The Bertz CT molecular complexity index is 396. The van der Waals surface area contributed by atoms with Crippen LogP contribution in [0.15, 0.2) is 24.3 Å². The number of hydrogen-bond acceptors (Lipinski definition) is 1. The molecule has 0 heterocycles. The normalized spacial score (nSPS) is 24.6. The van der Waals surface area contributed by atoms with Crippen molar-refractivity contribution in [3.8, 4) is 0 Å². The van der Waals surface area contributed by atoms with E-state index in [1.165, 1.54) is 38.2 Å². The van der Waals surface area contributed by atoms with Crippen LogP contribution in [-0.4, -0.2) is 12.6 Å². The number of benzene rings is 1. The topological polar surface area (TPSA) is 12.0 Å². The molecule has 1 aliphatic carbocycles. The number of halogens is 1. The molecule has 2 rings (SSSR count). The third-order valence-corrected chi connectivity index (χ3v) is 4.85. The van der Waals surface area contributed by atoms with E-state index in [1.807, 2.05) is 12.1 Å². The molecule has 1 atom stereocenters. The SMILES string of the molecule is CCNC(Cc1cccc(F)c1)C1CCC(CC)CC1. The Balaban J connectivity index is 1.96. The average molecular weight is 277 g/mol. The van der Waals surface area contributed by atoms with Gasteiger partial charge in [-0.1, -0.05) is 45.2 Å². The van der Waals surface area contributed by atoms with E-state index in [4.69, 9.17) is 0 Å². The van der Waals surface area contributed by atoms with E-state index in [0.29, 0.717) is 6.04 Å². The third kappa shape index (κ3) is 4.31. The van der Waals surface area contributed by atoms with E-state index in [1.54, 1.807) is 6.07 Å². The average Bonchev–Trinajstić information content (AvgIpc) is 2.47. The molecule has 1 fully saturated rings. The van der Waals surface area contributed by atoms with Crippen LogP contribution in [0.25, 0.3) is 0 Å². The Kier molecular flexibility index (Phi) is 6.03. The zero-order valence-electron chi connectivity index (χ0n) is 12.9. The van der Waals surface area contributed by atoms with Gasteiger partial charge < -0.3 is 5.32 Å². The molecule has 112 valence electrons. The first-order chi connectivity index (χ1) is 9.72. The molecule has 0 aromatic heterocycles. The van der Waals surface area contributed by atoms with Gasteiger partial charge >= 0.3 is 0 Å². The standard InChI is InChI=1S/C18H28FN/c1-3-14-8-10-16(11-9-14)18(20-4-2)13-15-6-5-7-17(19)12-15/h5-7,12,14,16,18,20H,3-4,8-11,13H2,1-2H3. The van der Waals surface area contributed by atoms with Gasteiger partial charge in [-0.15, -0.1) is 0 Å². The Hall–Kier alpha value is -0.890. The van der Waals surface area contributed by atoms with Crippen LogP contribution in [0.5, 0.6) is 0 Å². The lowest BCUT2D eigenvalue weighted by atomic mass is 9.76. The molecule has 1 aliphatic rings. The second-order valence-corrected chi connectivity index (χ2v) is 6.19. The summed E-state index contributed by atoms with van der Waals surface area (Å²) in [5.74, 6) is 1.57. The van der Waals surface area contributed by atoms with Crippen molar-refractivity contribution in [2.24, 2.45) is 11.8 Å². The van der Waals surface area contributed by atoms with Crippen molar-refractivity contribution < 1.29 is 4.39 Å². The Morgan fingerprint density at radius 2 is 1.95 bits per heavy atom. The quantitative estimate of drug-likeness (QED) is 0.803. The summed E-state index contributed by atoms with van der Waals surface area (Å²) < 4.78 is 13.3. The second kappa shape index (κ2) is 7.78. The van der Waals surface area contributed by atoms with Crippen LogP contribution in [0, 0.1) is 17.7 Å². The summed E-state index contributed by atoms with van der Waals surface area (Å²) in [4.78, 5) is 0. The monoisotopic (exact) mass is 277 g/mol. The van der Waals surface area contributed by atoms with E-state index in [2.05, 4.69) is 19.2 Å². The predicted molar refractivity (Wildman–Crippen MR) is 83.3 cm³/mol. The van der Waals surface area contributed by atoms with Crippen LogP contribution >= 0.6 is 0 Å². The van der Waals surface area contributed by atoms with Gasteiger partial charge in [0.15, 0.2) is 0 Å². The molecular weight excluding hydrogens is 249 g/mol. The van der Waals surface area contributed by atoms with Gasteiger partial charge in [0.2, 0.25) is 0 Å². The van der Waals surface area contributed by atoms with Crippen LogP contribution in [0.3, 0.4) is 0 Å². The Morgan fingerprint density at radius 3 is 2.55 bits per heavy atom. The van der Waals surface area contributed by atoms with Crippen molar-refractivity contribution in [1.82, 2.24) is 5.32 Å². The zero-order valence-corrected chi connectivity index (χ0v) is 12.9. The molecule has 2 heteroatoms. The Labute approximate surface area is 123 Å². The molecule has 1 aromatic carbocycles. The minimum absolute atomic E-state index is 0.118. The molecule has 1 N–H and O–H groups in total.